The Morgan fingerprint density at radius 3 is 2.42 bits per heavy atom. The molecule has 0 aliphatic rings. The summed E-state index contributed by atoms with van der Waals surface area (Å²) in [6.45, 7) is 5.97. The van der Waals surface area contributed by atoms with Gasteiger partial charge in [0.15, 0.2) is 5.16 Å². The average Bonchev–Trinajstić information content (AvgIpc) is 3.20. The Hall–Kier alpha value is -3.07. The zero-order valence-corrected chi connectivity index (χ0v) is 22.3. The van der Waals surface area contributed by atoms with Crippen molar-refractivity contribution in [1.29, 1.82) is 0 Å². The topological polar surface area (TPSA) is 83.1 Å². The first-order valence-corrected chi connectivity index (χ1v) is 12.8. The molecule has 0 saturated carbocycles. The van der Waals surface area contributed by atoms with Gasteiger partial charge in [-0.2, -0.15) is 0 Å². The van der Waals surface area contributed by atoms with E-state index in [1.54, 1.807) is 30.3 Å². The Morgan fingerprint density at radius 1 is 1.00 bits per heavy atom. The third-order valence-corrected chi connectivity index (χ3v) is 7.47. The van der Waals surface area contributed by atoms with E-state index in [0.29, 0.717) is 38.9 Å². The lowest BCUT2D eigenvalue weighted by Gasteiger charge is -2.16. The van der Waals surface area contributed by atoms with Gasteiger partial charge in [-0.15, -0.1) is 10.2 Å². The van der Waals surface area contributed by atoms with Crippen molar-refractivity contribution in [3.05, 3.63) is 109 Å². The Balaban J connectivity index is 1.58. The number of nitrogens with zero attached hydrogens (tertiary/aromatic N) is 4. The van der Waals surface area contributed by atoms with E-state index < -0.39 is 5.25 Å². The van der Waals surface area contributed by atoms with E-state index >= 15 is 0 Å². The van der Waals surface area contributed by atoms with E-state index in [2.05, 4.69) is 16.3 Å². The smallest absolute Gasteiger partial charge is 0.220 e. The molecule has 0 aliphatic heterocycles. The summed E-state index contributed by atoms with van der Waals surface area (Å²) in [5, 5.41) is 21.1. The van der Waals surface area contributed by atoms with E-state index in [-0.39, 0.29) is 11.5 Å². The third-order valence-electron chi connectivity index (χ3n) is 5.74. The highest BCUT2D eigenvalue weighted by Gasteiger charge is 2.25. The van der Waals surface area contributed by atoms with Crippen LogP contribution in [0.15, 0.2) is 65.8 Å². The van der Waals surface area contributed by atoms with Gasteiger partial charge in [0, 0.05) is 15.6 Å². The molecule has 0 aliphatic carbocycles. The molecule has 0 spiro atoms. The van der Waals surface area contributed by atoms with Gasteiger partial charge in [-0.3, -0.25) is 14.7 Å². The molecule has 0 amide bonds. The van der Waals surface area contributed by atoms with E-state index in [1.165, 1.54) is 17.3 Å². The van der Waals surface area contributed by atoms with Crippen molar-refractivity contribution in [3.63, 3.8) is 0 Å². The molecule has 7 nitrogen and oxygen atoms in total. The minimum Gasteiger partial charge on any atom is -0.487 e. The molecule has 0 saturated heterocycles. The molecular weight excluding hydrogens is 519 g/mol. The predicted molar refractivity (Wildman–Crippen MR) is 143 cm³/mol. The molecule has 0 radical (unpaired) electrons. The fourth-order valence-electron chi connectivity index (χ4n) is 3.63. The van der Waals surface area contributed by atoms with Crippen LogP contribution in [0.25, 0.3) is 5.69 Å². The number of hydrogen-bond donors (Lipinski definition) is 0. The van der Waals surface area contributed by atoms with Gasteiger partial charge in [-0.25, -0.2) is 0 Å². The number of rotatable bonds is 9. The first kappa shape index (κ1) is 26.0. The molecule has 4 rings (SSSR count). The molecular formula is C26H24Cl2N4O3S. The lowest BCUT2D eigenvalue weighted by atomic mass is 10.1. The van der Waals surface area contributed by atoms with E-state index in [9.17, 15) is 10.1 Å². The lowest BCUT2D eigenvalue weighted by molar-refractivity contribution is -0.479. The molecule has 1 atom stereocenters. The molecule has 0 bridgehead atoms. The molecule has 0 fully saturated rings. The van der Waals surface area contributed by atoms with E-state index in [1.807, 2.05) is 49.6 Å². The van der Waals surface area contributed by atoms with Crippen LogP contribution in [-0.2, 0) is 6.61 Å². The van der Waals surface area contributed by atoms with Crippen molar-refractivity contribution >= 4 is 35.0 Å². The normalized spacial score (nSPS) is 11.9. The summed E-state index contributed by atoms with van der Waals surface area (Å²) in [6.07, 6.45) is 0. The van der Waals surface area contributed by atoms with Crippen LogP contribution in [0.1, 0.15) is 33.3 Å². The van der Waals surface area contributed by atoms with E-state index in [0.717, 1.165) is 16.8 Å². The van der Waals surface area contributed by atoms with Gasteiger partial charge < -0.3 is 4.74 Å². The Bertz CT molecular complexity index is 1390. The number of thioether (sulfide) groups is 1. The summed E-state index contributed by atoms with van der Waals surface area (Å²) in [4.78, 5) is 11.2. The summed E-state index contributed by atoms with van der Waals surface area (Å²) in [5.41, 5.74) is 4.87. The number of hydrogen-bond acceptors (Lipinski definition) is 6. The highest BCUT2D eigenvalue weighted by atomic mass is 35.5. The van der Waals surface area contributed by atoms with Gasteiger partial charge in [0.1, 0.15) is 23.4 Å². The van der Waals surface area contributed by atoms with Crippen LogP contribution >= 0.6 is 35.0 Å². The average molecular weight is 543 g/mol. The second-order valence-electron chi connectivity index (χ2n) is 8.36. The SMILES string of the molecule is Cc1ccc(-n2c(C)nnc2S[C@H](C[N+](=O)[O-])c2ccc(OCc3ccc(Cl)cc3)c(Cl)c2)cc1C. The fraction of sp³-hybridized carbons (Fsp3) is 0.231. The minimum absolute atomic E-state index is 0.301. The zero-order valence-electron chi connectivity index (χ0n) is 19.9. The van der Waals surface area contributed by atoms with Crippen molar-refractivity contribution in [1.82, 2.24) is 14.8 Å². The number of nitro groups is 1. The predicted octanol–water partition coefficient (Wildman–Crippen LogP) is 7.19. The Morgan fingerprint density at radius 2 is 1.75 bits per heavy atom. The molecule has 3 aromatic carbocycles. The van der Waals surface area contributed by atoms with Crippen molar-refractivity contribution in [2.45, 2.75) is 37.8 Å². The number of ether oxygens (including phenoxy) is 1. The zero-order chi connectivity index (χ0) is 25.8. The van der Waals surface area contributed by atoms with Gasteiger partial charge in [0.2, 0.25) is 6.54 Å². The molecule has 10 heteroatoms. The summed E-state index contributed by atoms with van der Waals surface area (Å²) >= 11 is 13.7. The second-order valence-corrected chi connectivity index (χ2v) is 10.4. The summed E-state index contributed by atoms with van der Waals surface area (Å²) in [6, 6.07) is 18.7. The van der Waals surface area contributed by atoms with Crippen molar-refractivity contribution in [2.75, 3.05) is 6.54 Å². The third kappa shape index (κ3) is 6.19. The lowest BCUT2D eigenvalue weighted by Crippen LogP contribution is -2.11. The highest BCUT2D eigenvalue weighted by molar-refractivity contribution is 7.99. The van der Waals surface area contributed by atoms with Crippen LogP contribution < -0.4 is 4.74 Å². The first-order valence-electron chi connectivity index (χ1n) is 11.2. The summed E-state index contributed by atoms with van der Waals surface area (Å²) in [7, 11) is 0. The van der Waals surface area contributed by atoms with Crippen molar-refractivity contribution in [2.24, 2.45) is 0 Å². The Kier molecular flexibility index (Phi) is 8.18. The summed E-state index contributed by atoms with van der Waals surface area (Å²) < 4.78 is 7.77. The van der Waals surface area contributed by atoms with Crippen LogP contribution in [0.3, 0.4) is 0 Å². The molecule has 0 unspecified atom stereocenters. The summed E-state index contributed by atoms with van der Waals surface area (Å²) in [5.74, 6) is 1.19. The molecule has 36 heavy (non-hydrogen) atoms. The molecule has 1 heterocycles. The van der Waals surface area contributed by atoms with Crippen LogP contribution in [0.5, 0.6) is 5.75 Å². The van der Waals surface area contributed by atoms with Crippen molar-refractivity contribution < 1.29 is 9.66 Å². The van der Waals surface area contributed by atoms with Gasteiger partial charge in [-0.1, -0.05) is 59.2 Å². The second kappa shape index (κ2) is 11.3. The van der Waals surface area contributed by atoms with Crippen LogP contribution in [0.4, 0.5) is 0 Å². The van der Waals surface area contributed by atoms with Crippen LogP contribution in [0.2, 0.25) is 10.0 Å². The van der Waals surface area contributed by atoms with Crippen LogP contribution in [0, 0.1) is 30.9 Å². The maximum Gasteiger partial charge on any atom is 0.220 e. The van der Waals surface area contributed by atoms with E-state index in [4.69, 9.17) is 27.9 Å². The van der Waals surface area contributed by atoms with Gasteiger partial charge in [0.05, 0.1) is 5.02 Å². The van der Waals surface area contributed by atoms with Gasteiger partial charge in [-0.05, 0) is 79.4 Å². The standard InChI is InChI=1S/C26H24Cl2N4O3S/c1-16-4-10-22(12-17(16)2)32-18(3)29-30-26(32)36-25(14-31(33)34)20-7-11-24(23(28)13-20)35-15-19-5-8-21(27)9-6-19/h4-13,25H,14-15H2,1-3H3/t25-/m1/s1. The number of aromatic nitrogens is 3. The first-order chi connectivity index (χ1) is 17.2. The van der Waals surface area contributed by atoms with Crippen molar-refractivity contribution in [3.8, 4) is 11.4 Å². The molecule has 0 N–H and O–H groups in total. The van der Waals surface area contributed by atoms with Crippen LogP contribution in [-0.4, -0.2) is 26.2 Å². The molecule has 186 valence electrons. The fourth-order valence-corrected chi connectivity index (χ4v) is 5.16. The monoisotopic (exact) mass is 542 g/mol. The number of benzene rings is 3. The highest BCUT2D eigenvalue weighted by Crippen LogP contribution is 2.39. The Labute approximate surface area is 223 Å². The molecule has 4 aromatic rings. The largest absolute Gasteiger partial charge is 0.487 e. The van der Waals surface area contributed by atoms with Gasteiger partial charge in [0.25, 0.3) is 0 Å². The number of halogens is 2. The maximum atomic E-state index is 11.5. The number of aryl methyl sites for hydroxylation is 3. The minimum atomic E-state index is -0.531. The molecule has 1 aromatic heterocycles. The maximum absolute atomic E-state index is 11.5. The van der Waals surface area contributed by atoms with Gasteiger partial charge >= 0.3 is 0 Å². The quantitative estimate of drug-likeness (QED) is 0.126.